The van der Waals surface area contributed by atoms with Crippen molar-refractivity contribution in [3.63, 3.8) is 0 Å². The van der Waals surface area contributed by atoms with Crippen LogP contribution in [0.3, 0.4) is 0 Å². The lowest BCUT2D eigenvalue weighted by atomic mass is 10.1. The number of benzene rings is 2. The van der Waals surface area contributed by atoms with Gasteiger partial charge >= 0.3 is 0 Å². The van der Waals surface area contributed by atoms with Crippen molar-refractivity contribution in [1.82, 2.24) is 9.13 Å². The van der Waals surface area contributed by atoms with Gasteiger partial charge in [0, 0.05) is 21.7 Å². The molecule has 3 heterocycles. The zero-order valence-corrected chi connectivity index (χ0v) is 15.8. The van der Waals surface area contributed by atoms with Gasteiger partial charge < -0.3 is 4.57 Å². The summed E-state index contributed by atoms with van der Waals surface area (Å²) in [5, 5.41) is 0.580. The minimum absolute atomic E-state index is 0.192. The van der Waals surface area contributed by atoms with Gasteiger partial charge in [-0.2, -0.15) is 0 Å². The standard InChI is InChI=1S/C21H13IN2O2/c22-14-9-7-13(8-10-14)12-24-16-5-2-1-4-15(16)20(25)18-19(24)17-6-3-11-23(17)21(18)26/h1-11H,12H2. The molecule has 0 bridgehead atoms. The summed E-state index contributed by atoms with van der Waals surface area (Å²) >= 11 is 2.28. The molecule has 0 aliphatic carbocycles. The van der Waals surface area contributed by atoms with Gasteiger partial charge in [-0.15, -0.1) is 0 Å². The summed E-state index contributed by atoms with van der Waals surface area (Å²) in [6, 6.07) is 19.5. The lowest BCUT2D eigenvalue weighted by Crippen LogP contribution is -2.20. The van der Waals surface area contributed by atoms with Crippen molar-refractivity contribution in [3.05, 3.63) is 91.8 Å². The van der Waals surface area contributed by atoms with Crippen molar-refractivity contribution in [2.75, 3.05) is 0 Å². The Hall–Kier alpha value is -2.67. The molecule has 0 saturated heterocycles. The van der Waals surface area contributed by atoms with Crippen LogP contribution in [0.1, 0.15) is 15.9 Å². The summed E-state index contributed by atoms with van der Waals surface area (Å²) in [5.41, 5.74) is 3.53. The Morgan fingerprint density at radius 1 is 0.885 bits per heavy atom. The van der Waals surface area contributed by atoms with Crippen LogP contribution in [0.25, 0.3) is 22.3 Å². The van der Waals surface area contributed by atoms with Crippen LogP contribution in [0.2, 0.25) is 0 Å². The molecule has 26 heavy (non-hydrogen) atoms. The molecule has 0 fully saturated rings. The number of para-hydroxylation sites is 1. The van der Waals surface area contributed by atoms with E-state index in [-0.39, 0.29) is 16.9 Å². The van der Waals surface area contributed by atoms with Crippen LogP contribution < -0.4 is 5.43 Å². The third kappa shape index (κ3) is 2.13. The van der Waals surface area contributed by atoms with Crippen LogP contribution in [0.5, 0.6) is 0 Å². The zero-order chi connectivity index (χ0) is 17.8. The van der Waals surface area contributed by atoms with E-state index >= 15 is 0 Å². The molecule has 126 valence electrons. The van der Waals surface area contributed by atoms with Crippen molar-refractivity contribution in [3.8, 4) is 11.4 Å². The number of pyridine rings is 1. The number of halogens is 1. The fourth-order valence-corrected chi connectivity index (χ4v) is 4.03. The van der Waals surface area contributed by atoms with Gasteiger partial charge in [-0.3, -0.25) is 14.2 Å². The predicted octanol–water partition coefficient (Wildman–Crippen LogP) is 4.12. The molecule has 5 heteroatoms. The van der Waals surface area contributed by atoms with Gasteiger partial charge in [0.05, 0.1) is 16.9 Å². The van der Waals surface area contributed by atoms with E-state index in [0.717, 1.165) is 16.8 Å². The van der Waals surface area contributed by atoms with Crippen molar-refractivity contribution in [2.45, 2.75) is 6.54 Å². The monoisotopic (exact) mass is 452 g/mol. The number of rotatable bonds is 2. The van der Waals surface area contributed by atoms with E-state index in [0.29, 0.717) is 17.6 Å². The van der Waals surface area contributed by atoms with Crippen LogP contribution in [0, 0.1) is 3.57 Å². The average molecular weight is 452 g/mol. The largest absolute Gasteiger partial charge is 0.334 e. The highest BCUT2D eigenvalue weighted by atomic mass is 127. The second-order valence-electron chi connectivity index (χ2n) is 6.35. The highest BCUT2D eigenvalue weighted by molar-refractivity contribution is 14.1. The molecule has 1 aliphatic rings. The maximum atomic E-state index is 13.0. The second-order valence-corrected chi connectivity index (χ2v) is 7.60. The average Bonchev–Trinajstić information content (AvgIpc) is 3.23. The molecule has 0 unspecified atom stereocenters. The zero-order valence-electron chi connectivity index (χ0n) is 13.6. The molecule has 0 N–H and O–H groups in total. The summed E-state index contributed by atoms with van der Waals surface area (Å²) in [4.78, 5) is 25.8. The summed E-state index contributed by atoms with van der Waals surface area (Å²) in [5.74, 6) is -0.243. The van der Waals surface area contributed by atoms with Gasteiger partial charge in [-0.1, -0.05) is 24.3 Å². The first kappa shape index (κ1) is 15.6. The van der Waals surface area contributed by atoms with E-state index in [1.807, 2.05) is 30.3 Å². The van der Waals surface area contributed by atoms with Crippen LogP contribution in [-0.4, -0.2) is 15.0 Å². The molecule has 2 aromatic carbocycles. The molecule has 0 atom stereocenters. The number of fused-ring (bicyclic) bond motifs is 4. The molecule has 4 aromatic rings. The number of hydrogen-bond acceptors (Lipinski definition) is 2. The molecule has 4 nitrogen and oxygen atoms in total. The predicted molar refractivity (Wildman–Crippen MR) is 110 cm³/mol. The quantitative estimate of drug-likeness (QED) is 0.379. The van der Waals surface area contributed by atoms with Gasteiger partial charge in [-0.05, 0) is 64.6 Å². The molecule has 1 aliphatic heterocycles. The summed E-state index contributed by atoms with van der Waals surface area (Å²) in [6.07, 6.45) is 1.72. The minimum Gasteiger partial charge on any atom is -0.334 e. The van der Waals surface area contributed by atoms with Gasteiger partial charge in [0.15, 0.2) is 0 Å². The van der Waals surface area contributed by atoms with Crippen molar-refractivity contribution in [2.24, 2.45) is 0 Å². The Morgan fingerprint density at radius 3 is 2.46 bits per heavy atom. The van der Waals surface area contributed by atoms with E-state index in [9.17, 15) is 9.59 Å². The lowest BCUT2D eigenvalue weighted by molar-refractivity contribution is 0.0968. The number of aromatic nitrogens is 2. The molecule has 0 spiro atoms. The third-order valence-electron chi connectivity index (χ3n) is 4.85. The minimum atomic E-state index is -0.243. The Kier molecular flexibility index (Phi) is 3.40. The summed E-state index contributed by atoms with van der Waals surface area (Å²) < 4.78 is 4.82. The SMILES string of the molecule is O=C1c2c(n(Cc3ccc(I)cc3)c3ccccc3c2=O)-c2cccn21. The van der Waals surface area contributed by atoms with Crippen LogP contribution >= 0.6 is 22.6 Å². The van der Waals surface area contributed by atoms with Crippen molar-refractivity contribution < 1.29 is 4.79 Å². The van der Waals surface area contributed by atoms with Crippen molar-refractivity contribution >= 4 is 39.4 Å². The van der Waals surface area contributed by atoms with E-state index in [1.54, 1.807) is 16.8 Å². The smallest absolute Gasteiger partial charge is 0.268 e. The topological polar surface area (TPSA) is 44.0 Å². The third-order valence-corrected chi connectivity index (χ3v) is 5.57. The maximum absolute atomic E-state index is 13.0. The van der Waals surface area contributed by atoms with Gasteiger partial charge in [0.2, 0.25) is 5.43 Å². The molecular formula is C21H13IN2O2. The van der Waals surface area contributed by atoms with Crippen molar-refractivity contribution in [1.29, 1.82) is 0 Å². The normalized spacial score (nSPS) is 12.4. The Labute approximate surface area is 162 Å². The molecule has 0 radical (unpaired) electrons. The Bertz CT molecular complexity index is 1250. The highest BCUT2D eigenvalue weighted by Crippen LogP contribution is 2.33. The molecular weight excluding hydrogens is 439 g/mol. The summed E-state index contributed by atoms with van der Waals surface area (Å²) in [7, 11) is 0. The van der Waals surface area contributed by atoms with E-state index in [2.05, 4.69) is 51.4 Å². The Morgan fingerprint density at radius 2 is 1.65 bits per heavy atom. The van der Waals surface area contributed by atoms with Gasteiger partial charge in [0.1, 0.15) is 5.56 Å². The van der Waals surface area contributed by atoms with E-state index < -0.39 is 0 Å². The first-order valence-electron chi connectivity index (χ1n) is 8.27. The molecule has 2 aromatic heterocycles. The van der Waals surface area contributed by atoms with Gasteiger partial charge in [-0.25, -0.2) is 0 Å². The van der Waals surface area contributed by atoms with Crippen LogP contribution in [0.15, 0.2) is 71.7 Å². The second kappa shape index (κ2) is 5.67. The molecule has 0 amide bonds. The number of carbonyl (C=O) groups excluding carboxylic acids is 1. The number of nitrogens with zero attached hydrogens (tertiary/aromatic N) is 2. The first-order chi connectivity index (χ1) is 12.6. The lowest BCUT2D eigenvalue weighted by Gasteiger charge is -2.16. The number of carbonyl (C=O) groups is 1. The van der Waals surface area contributed by atoms with Gasteiger partial charge in [0.25, 0.3) is 5.91 Å². The fraction of sp³-hybridized carbons (Fsp3) is 0.0476. The maximum Gasteiger partial charge on any atom is 0.268 e. The van der Waals surface area contributed by atoms with E-state index in [4.69, 9.17) is 0 Å². The summed E-state index contributed by atoms with van der Waals surface area (Å²) in [6.45, 7) is 0.596. The Balaban J connectivity index is 1.87. The number of hydrogen-bond donors (Lipinski definition) is 0. The first-order valence-corrected chi connectivity index (χ1v) is 9.35. The van der Waals surface area contributed by atoms with E-state index in [1.165, 1.54) is 3.57 Å². The molecule has 5 rings (SSSR count). The van der Waals surface area contributed by atoms with Crippen LogP contribution in [-0.2, 0) is 6.54 Å². The fourth-order valence-electron chi connectivity index (χ4n) is 3.67. The molecule has 0 saturated carbocycles. The van der Waals surface area contributed by atoms with Crippen LogP contribution in [0.4, 0.5) is 0 Å². The highest BCUT2D eigenvalue weighted by Gasteiger charge is 2.32.